The number of nitrogens with one attached hydrogen (secondary N) is 1. The van der Waals surface area contributed by atoms with Crippen molar-refractivity contribution < 1.29 is 14.6 Å². The molecule has 3 heterocycles. The van der Waals surface area contributed by atoms with Crippen molar-refractivity contribution in [3.05, 3.63) is 28.2 Å². The second-order valence-corrected chi connectivity index (χ2v) is 4.77. The van der Waals surface area contributed by atoms with Gasteiger partial charge in [-0.25, -0.2) is 0 Å². The number of piperidine rings is 1. The Balaban J connectivity index is 2.01. The first kappa shape index (κ1) is 12.0. The molecule has 1 fully saturated rings. The highest BCUT2D eigenvalue weighted by Gasteiger charge is 2.38. The largest absolute Gasteiger partial charge is 0.502 e. The lowest BCUT2D eigenvalue weighted by atomic mass is 10.0. The van der Waals surface area contributed by atoms with Crippen LogP contribution in [0.1, 0.15) is 23.3 Å². The molecule has 0 aromatic carbocycles. The van der Waals surface area contributed by atoms with Gasteiger partial charge in [0.2, 0.25) is 5.43 Å². The highest BCUT2D eigenvalue weighted by molar-refractivity contribution is 5.96. The van der Waals surface area contributed by atoms with Gasteiger partial charge in [-0.15, -0.1) is 0 Å². The van der Waals surface area contributed by atoms with E-state index in [1.165, 1.54) is 16.9 Å². The number of ether oxygens (including phenoxy) is 1. The molecule has 3 rings (SSSR count). The van der Waals surface area contributed by atoms with E-state index >= 15 is 0 Å². The van der Waals surface area contributed by atoms with Crippen molar-refractivity contribution in [1.82, 2.24) is 9.58 Å². The van der Waals surface area contributed by atoms with E-state index in [9.17, 15) is 14.7 Å². The zero-order valence-corrected chi connectivity index (χ0v) is 10.5. The Labute approximate surface area is 109 Å². The Morgan fingerprint density at radius 3 is 3.00 bits per heavy atom. The van der Waals surface area contributed by atoms with Crippen LogP contribution in [-0.2, 0) is 4.74 Å². The number of pyridine rings is 1. The molecule has 2 aliphatic heterocycles. The molecule has 19 heavy (non-hydrogen) atoms. The predicted molar refractivity (Wildman–Crippen MR) is 66.6 cm³/mol. The van der Waals surface area contributed by atoms with E-state index in [-0.39, 0.29) is 23.9 Å². The number of rotatable bonds is 1. The fraction of sp³-hybridized carbons (Fsp3) is 0.500. The summed E-state index contributed by atoms with van der Waals surface area (Å²) in [5.74, 6) is -0.833. The number of hydrogen-bond acceptors (Lipinski definition) is 5. The molecule has 2 N–H and O–H groups in total. The number of amides is 1. The van der Waals surface area contributed by atoms with Crippen molar-refractivity contribution >= 4 is 5.91 Å². The molecule has 0 saturated carbocycles. The van der Waals surface area contributed by atoms with Crippen LogP contribution in [0.4, 0.5) is 0 Å². The molecule has 102 valence electrons. The van der Waals surface area contributed by atoms with Gasteiger partial charge in [0.15, 0.2) is 11.4 Å². The van der Waals surface area contributed by atoms with E-state index in [1.54, 1.807) is 12.0 Å². The van der Waals surface area contributed by atoms with Gasteiger partial charge in [-0.1, -0.05) is 0 Å². The summed E-state index contributed by atoms with van der Waals surface area (Å²) in [6.45, 7) is 0.539. The first-order valence-electron chi connectivity index (χ1n) is 6.16. The molecule has 0 radical (unpaired) electrons. The van der Waals surface area contributed by atoms with Crippen LogP contribution in [0.2, 0.25) is 0 Å². The van der Waals surface area contributed by atoms with Crippen LogP contribution in [0, 0.1) is 0 Å². The van der Waals surface area contributed by atoms with Gasteiger partial charge >= 0.3 is 0 Å². The van der Waals surface area contributed by atoms with E-state index < -0.39 is 11.2 Å². The summed E-state index contributed by atoms with van der Waals surface area (Å²) in [4.78, 5) is 25.4. The Hall–Kier alpha value is -2.02. The van der Waals surface area contributed by atoms with Crippen LogP contribution in [0.25, 0.3) is 0 Å². The maximum absolute atomic E-state index is 12.3. The molecular formula is C12H15N3O4. The van der Waals surface area contributed by atoms with Crippen molar-refractivity contribution in [2.75, 3.05) is 19.1 Å². The summed E-state index contributed by atoms with van der Waals surface area (Å²) in [6, 6.07) is 1.23. The Kier molecular flexibility index (Phi) is 2.70. The summed E-state index contributed by atoms with van der Waals surface area (Å²) in [5.41, 5.74) is 2.55. The van der Waals surface area contributed by atoms with Gasteiger partial charge in [-0.3, -0.25) is 14.3 Å². The first-order valence-corrected chi connectivity index (χ1v) is 6.16. The summed E-state index contributed by atoms with van der Waals surface area (Å²) in [5, 5.41) is 9.76. The van der Waals surface area contributed by atoms with Gasteiger partial charge in [0.25, 0.3) is 5.91 Å². The molecule has 1 unspecified atom stereocenters. The zero-order valence-electron chi connectivity index (χ0n) is 10.5. The van der Waals surface area contributed by atoms with E-state index in [1.807, 2.05) is 0 Å². The lowest BCUT2D eigenvalue weighted by Crippen LogP contribution is -2.58. The second-order valence-electron chi connectivity index (χ2n) is 4.77. The topological polar surface area (TPSA) is 83.8 Å². The van der Waals surface area contributed by atoms with Crippen LogP contribution >= 0.6 is 0 Å². The third-order valence-electron chi connectivity index (χ3n) is 3.71. The predicted octanol–water partition coefficient (Wildman–Crippen LogP) is -0.312. The fourth-order valence-corrected chi connectivity index (χ4v) is 2.65. The van der Waals surface area contributed by atoms with Crippen LogP contribution in [0.3, 0.4) is 0 Å². The Morgan fingerprint density at radius 1 is 1.47 bits per heavy atom. The number of carbonyl (C=O) groups excluding carboxylic acids is 1. The van der Waals surface area contributed by atoms with E-state index in [2.05, 4.69) is 5.43 Å². The number of aromatic hydroxyl groups is 1. The first-order chi connectivity index (χ1) is 9.11. The molecule has 0 bridgehead atoms. The summed E-state index contributed by atoms with van der Waals surface area (Å²) in [6.07, 6.45) is 2.81. The lowest BCUT2D eigenvalue weighted by Gasteiger charge is -2.43. The van der Waals surface area contributed by atoms with Crippen LogP contribution in [0.5, 0.6) is 5.75 Å². The van der Waals surface area contributed by atoms with E-state index in [0.717, 1.165) is 6.42 Å². The van der Waals surface area contributed by atoms with E-state index in [4.69, 9.17) is 4.74 Å². The molecule has 1 aromatic rings. The molecule has 2 aliphatic rings. The average molecular weight is 265 g/mol. The molecular weight excluding hydrogens is 250 g/mol. The monoisotopic (exact) mass is 265 g/mol. The number of aromatic nitrogens is 1. The second kappa shape index (κ2) is 4.27. The fourth-order valence-electron chi connectivity index (χ4n) is 2.65. The maximum Gasteiger partial charge on any atom is 0.278 e. The van der Waals surface area contributed by atoms with Gasteiger partial charge in [-0.2, -0.15) is 0 Å². The van der Waals surface area contributed by atoms with Crippen molar-refractivity contribution in [2.24, 2.45) is 0 Å². The number of fused-ring (bicyclic) bond motifs is 2. The Morgan fingerprint density at radius 2 is 2.26 bits per heavy atom. The SMILES string of the molecule is COC1CCN2C(=O)c3c(O)c(=O)ccn3N[C@@H]2C1. The quantitative estimate of drug-likeness (QED) is 0.727. The molecule has 0 spiro atoms. The van der Waals surface area contributed by atoms with Gasteiger partial charge in [0.05, 0.1) is 6.10 Å². The van der Waals surface area contributed by atoms with Gasteiger partial charge in [0, 0.05) is 32.3 Å². The zero-order chi connectivity index (χ0) is 13.6. The van der Waals surface area contributed by atoms with Gasteiger partial charge in [0.1, 0.15) is 6.17 Å². The normalized spacial score (nSPS) is 25.5. The summed E-state index contributed by atoms with van der Waals surface area (Å²) < 4.78 is 6.73. The van der Waals surface area contributed by atoms with Crippen molar-refractivity contribution in [1.29, 1.82) is 0 Å². The van der Waals surface area contributed by atoms with Gasteiger partial charge in [-0.05, 0) is 6.42 Å². The number of carbonyl (C=O) groups is 1. The molecule has 1 aromatic heterocycles. The number of nitrogens with zero attached hydrogens (tertiary/aromatic N) is 2. The van der Waals surface area contributed by atoms with Crippen LogP contribution < -0.4 is 10.9 Å². The molecule has 0 aliphatic carbocycles. The lowest BCUT2D eigenvalue weighted by molar-refractivity contribution is 0.0104. The average Bonchev–Trinajstić information content (AvgIpc) is 2.42. The minimum absolute atomic E-state index is 0.000355. The minimum atomic E-state index is -0.549. The van der Waals surface area contributed by atoms with E-state index in [0.29, 0.717) is 13.0 Å². The standard InChI is InChI=1S/C12H15N3O4/c1-19-7-2-4-14-9(6-7)13-15-5-3-8(16)11(17)10(15)12(14)18/h3,5,7,9,13,17H,2,4,6H2,1H3/t7?,9-/m0/s1. The molecule has 2 atom stereocenters. The minimum Gasteiger partial charge on any atom is -0.502 e. The molecule has 7 nitrogen and oxygen atoms in total. The third-order valence-corrected chi connectivity index (χ3v) is 3.71. The number of methoxy groups -OCH3 is 1. The van der Waals surface area contributed by atoms with Crippen molar-refractivity contribution in [3.63, 3.8) is 0 Å². The number of hydrogen-bond donors (Lipinski definition) is 2. The van der Waals surface area contributed by atoms with Gasteiger partial charge < -0.3 is 20.2 Å². The highest BCUT2D eigenvalue weighted by Crippen LogP contribution is 2.26. The maximum atomic E-state index is 12.3. The smallest absolute Gasteiger partial charge is 0.278 e. The van der Waals surface area contributed by atoms with Crippen LogP contribution in [-0.4, -0.2) is 46.5 Å². The molecule has 7 heteroatoms. The third kappa shape index (κ3) is 1.77. The Bertz CT molecular complexity index is 583. The molecule has 1 saturated heterocycles. The van der Waals surface area contributed by atoms with Crippen molar-refractivity contribution in [2.45, 2.75) is 25.1 Å². The summed E-state index contributed by atoms with van der Waals surface area (Å²) in [7, 11) is 1.65. The molecule has 1 amide bonds. The van der Waals surface area contributed by atoms with Crippen molar-refractivity contribution in [3.8, 4) is 5.75 Å². The highest BCUT2D eigenvalue weighted by atomic mass is 16.5. The summed E-state index contributed by atoms with van der Waals surface area (Å²) >= 11 is 0. The van der Waals surface area contributed by atoms with Crippen LogP contribution in [0.15, 0.2) is 17.1 Å².